The zero-order valence-corrected chi connectivity index (χ0v) is 15.4. The average molecular weight is 316 g/mol. The lowest BCUT2D eigenvalue weighted by Gasteiger charge is -2.34. The van der Waals surface area contributed by atoms with E-state index >= 15 is 0 Å². The molecule has 1 aliphatic heterocycles. The molecule has 0 spiro atoms. The van der Waals surface area contributed by atoms with E-state index < -0.39 is 0 Å². The fourth-order valence-corrected chi connectivity index (χ4v) is 3.38. The summed E-state index contributed by atoms with van der Waals surface area (Å²) in [7, 11) is 0. The summed E-state index contributed by atoms with van der Waals surface area (Å²) in [5.41, 5.74) is 9.59. The summed E-state index contributed by atoms with van der Waals surface area (Å²) in [5, 5.41) is 0. The van der Waals surface area contributed by atoms with Crippen LogP contribution in [0.2, 0.25) is 0 Å². The summed E-state index contributed by atoms with van der Waals surface area (Å²) in [6, 6.07) is 6.74. The quantitative estimate of drug-likeness (QED) is 0.915. The molecular weight excluding hydrogens is 284 g/mol. The van der Waals surface area contributed by atoms with Crippen LogP contribution >= 0.6 is 0 Å². The van der Waals surface area contributed by atoms with Gasteiger partial charge in [0.15, 0.2) is 0 Å². The molecule has 0 saturated heterocycles. The monoisotopic (exact) mass is 316 g/mol. The highest BCUT2D eigenvalue weighted by molar-refractivity contribution is 5.97. The van der Waals surface area contributed by atoms with Crippen LogP contribution in [0.5, 0.6) is 0 Å². The van der Waals surface area contributed by atoms with E-state index in [1.54, 1.807) is 0 Å². The largest absolute Gasteiger partial charge is 0.327 e. The van der Waals surface area contributed by atoms with E-state index in [4.69, 9.17) is 5.73 Å². The fourth-order valence-electron chi connectivity index (χ4n) is 3.38. The SMILES string of the molecule is CC(C)CC(N)Cc1ccc2c(c1)CCCN2C(=O)C(C)(C)C. The summed E-state index contributed by atoms with van der Waals surface area (Å²) in [5.74, 6) is 0.838. The number of rotatable bonds is 4. The highest BCUT2D eigenvalue weighted by Gasteiger charge is 2.31. The Morgan fingerprint density at radius 2 is 2.00 bits per heavy atom. The molecule has 1 unspecified atom stereocenters. The van der Waals surface area contributed by atoms with Gasteiger partial charge >= 0.3 is 0 Å². The van der Waals surface area contributed by atoms with Gasteiger partial charge in [0.05, 0.1) is 0 Å². The zero-order valence-electron chi connectivity index (χ0n) is 15.4. The third-order valence-corrected chi connectivity index (χ3v) is 4.42. The molecule has 128 valence electrons. The van der Waals surface area contributed by atoms with Gasteiger partial charge in [-0.3, -0.25) is 4.79 Å². The normalized spacial score (nSPS) is 16.4. The van der Waals surface area contributed by atoms with Crippen molar-refractivity contribution in [3.63, 3.8) is 0 Å². The minimum atomic E-state index is -0.340. The first-order valence-electron chi connectivity index (χ1n) is 8.88. The van der Waals surface area contributed by atoms with Gasteiger partial charge in [-0.2, -0.15) is 0 Å². The van der Waals surface area contributed by atoms with E-state index in [1.807, 2.05) is 25.7 Å². The van der Waals surface area contributed by atoms with Gasteiger partial charge < -0.3 is 10.6 Å². The Morgan fingerprint density at radius 1 is 1.30 bits per heavy atom. The number of nitrogens with zero attached hydrogens (tertiary/aromatic N) is 1. The Bertz CT molecular complexity index is 557. The Balaban J connectivity index is 2.18. The second-order valence-corrected chi connectivity index (χ2v) is 8.37. The molecule has 0 saturated carbocycles. The van der Waals surface area contributed by atoms with Crippen LogP contribution < -0.4 is 10.6 Å². The maximum atomic E-state index is 12.7. The number of nitrogens with two attached hydrogens (primary N) is 1. The van der Waals surface area contributed by atoms with Crippen LogP contribution in [0.4, 0.5) is 5.69 Å². The van der Waals surface area contributed by atoms with Gasteiger partial charge in [0, 0.05) is 23.7 Å². The second kappa shape index (κ2) is 7.04. The molecule has 2 N–H and O–H groups in total. The van der Waals surface area contributed by atoms with Gasteiger partial charge in [-0.05, 0) is 48.8 Å². The lowest BCUT2D eigenvalue weighted by atomic mass is 9.90. The summed E-state index contributed by atoms with van der Waals surface area (Å²) in [6.45, 7) is 11.2. The first-order chi connectivity index (χ1) is 10.7. The Labute approximate surface area is 141 Å². The molecule has 23 heavy (non-hydrogen) atoms. The first kappa shape index (κ1) is 18.0. The number of carbonyl (C=O) groups is 1. The summed E-state index contributed by atoms with van der Waals surface area (Å²) < 4.78 is 0. The fraction of sp³-hybridized carbons (Fsp3) is 0.650. The number of anilines is 1. The van der Waals surface area contributed by atoms with Crippen LogP contribution in [0.25, 0.3) is 0 Å². The number of amides is 1. The van der Waals surface area contributed by atoms with Crippen LogP contribution in [0.3, 0.4) is 0 Å². The van der Waals surface area contributed by atoms with Gasteiger partial charge in [0.25, 0.3) is 0 Å². The summed E-state index contributed by atoms with van der Waals surface area (Å²) in [4.78, 5) is 14.6. The van der Waals surface area contributed by atoms with Crippen LogP contribution in [0.1, 0.15) is 58.6 Å². The van der Waals surface area contributed by atoms with E-state index in [0.29, 0.717) is 5.92 Å². The number of hydrogen-bond donors (Lipinski definition) is 1. The van der Waals surface area contributed by atoms with Crippen molar-refractivity contribution < 1.29 is 4.79 Å². The lowest BCUT2D eigenvalue weighted by Crippen LogP contribution is -2.42. The predicted molar refractivity (Wildman–Crippen MR) is 97.7 cm³/mol. The van der Waals surface area contributed by atoms with Crippen molar-refractivity contribution in [3.8, 4) is 0 Å². The number of fused-ring (bicyclic) bond motifs is 1. The van der Waals surface area contributed by atoms with Crippen LogP contribution in [0.15, 0.2) is 18.2 Å². The molecule has 1 amide bonds. The first-order valence-corrected chi connectivity index (χ1v) is 8.88. The lowest BCUT2D eigenvalue weighted by molar-refractivity contribution is -0.125. The van der Waals surface area contributed by atoms with Crippen LogP contribution in [-0.4, -0.2) is 18.5 Å². The zero-order chi connectivity index (χ0) is 17.2. The van der Waals surface area contributed by atoms with Gasteiger partial charge in [-0.15, -0.1) is 0 Å². The Hall–Kier alpha value is -1.35. The van der Waals surface area contributed by atoms with Crippen molar-refractivity contribution in [2.24, 2.45) is 17.1 Å². The Kier molecular flexibility index (Phi) is 5.51. The highest BCUT2D eigenvalue weighted by Crippen LogP contribution is 2.32. The molecule has 1 atom stereocenters. The molecule has 0 aromatic heterocycles. The molecular formula is C20H32N2O. The molecule has 3 heteroatoms. The minimum Gasteiger partial charge on any atom is -0.327 e. The van der Waals surface area contributed by atoms with E-state index in [-0.39, 0.29) is 17.4 Å². The third kappa shape index (κ3) is 4.57. The highest BCUT2D eigenvalue weighted by atomic mass is 16.2. The van der Waals surface area contributed by atoms with E-state index in [2.05, 4.69) is 32.0 Å². The van der Waals surface area contributed by atoms with Crippen LogP contribution in [-0.2, 0) is 17.6 Å². The van der Waals surface area contributed by atoms with Gasteiger partial charge in [0.1, 0.15) is 0 Å². The van der Waals surface area contributed by atoms with Crippen molar-refractivity contribution >= 4 is 11.6 Å². The summed E-state index contributed by atoms with van der Waals surface area (Å²) >= 11 is 0. The maximum Gasteiger partial charge on any atom is 0.232 e. The molecule has 0 aliphatic carbocycles. The molecule has 3 nitrogen and oxygen atoms in total. The van der Waals surface area contributed by atoms with Gasteiger partial charge in [0.2, 0.25) is 5.91 Å². The molecule has 1 aromatic carbocycles. The molecule has 2 rings (SSSR count). The molecule has 0 bridgehead atoms. The van der Waals surface area contributed by atoms with E-state index in [0.717, 1.165) is 37.9 Å². The number of benzene rings is 1. The maximum absolute atomic E-state index is 12.7. The summed E-state index contributed by atoms with van der Waals surface area (Å²) in [6.07, 6.45) is 4.05. The second-order valence-electron chi connectivity index (χ2n) is 8.37. The molecule has 1 aliphatic rings. The number of hydrogen-bond acceptors (Lipinski definition) is 2. The standard InChI is InChI=1S/C20H32N2O/c1-14(2)11-17(21)13-15-8-9-18-16(12-15)7-6-10-22(18)19(23)20(3,4)5/h8-9,12,14,17H,6-7,10-11,13,21H2,1-5H3. The number of carbonyl (C=O) groups excluding carboxylic acids is 1. The van der Waals surface area contributed by atoms with Crippen molar-refractivity contribution in [2.75, 3.05) is 11.4 Å². The predicted octanol–water partition coefficient (Wildman–Crippen LogP) is 3.93. The van der Waals surface area contributed by atoms with E-state index in [9.17, 15) is 4.79 Å². The van der Waals surface area contributed by atoms with Crippen molar-refractivity contribution in [2.45, 2.75) is 66.3 Å². The van der Waals surface area contributed by atoms with Crippen molar-refractivity contribution in [3.05, 3.63) is 29.3 Å². The van der Waals surface area contributed by atoms with Gasteiger partial charge in [-0.25, -0.2) is 0 Å². The topological polar surface area (TPSA) is 46.3 Å². The van der Waals surface area contributed by atoms with Gasteiger partial charge in [-0.1, -0.05) is 46.8 Å². The smallest absolute Gasteiger partial charge is 0.232 e. The Morgan fingerprint density at radius 3 is 2.61 bits per heavy atom. The molecule has 1 heterocycles. The van der Waals surface area contributed by atoms with Crippen molar-refractivity contribution in [1.82, 2.24) is 0 Å². The van der Waals surface area contributed by atoms with E-state index in [1.165, 1.54) is 11.1 Å². The molecule has 0 fully saturated rings. The number of aryl methyl sites for hydroxylation is 1. The minimum absolute atomic E-state index is 0.211. The molecule has 0 radical (unpaired) electrons. The van der Waals surface area contributed by atoms with Crippen molar-refractivity contribution in [1.29, 1.82) is 0 Å². The third-order valence-electron chi connectivity index (χ3n) is 4.42. The average Bonchev–Trinajstić information content (AvgIpc) is 2.43. The molecule has 1 aromatic rings. The van der Waals surface area contributed by atoms with Crippen LogP contribution in [0, 0.1) is 11.3 Å².